The van der Waals surface area contributed by atoms with Crippen LogP contribution >= 0.6 is 0 Å². The summed E-state index contributed by atoms with van der Waals surface area (Å²) in [6, 6.07) is -3.70. The molecule has 5 amide bonds. The predicted octanol–water partition coefficient (Wildman–Crippen LogP) is 0.818. The maximum absolute atomic E-state index is 13.7. The number of primary amides is 1. The largest absolute Gasteiger partial charge is 0.480 e. The number of nitrogens with one attached hydrogen (secondary N) is 3. The summed E-state index contributed by atoms with van der Waals surface area (Å²) in [5.74, 6) is -3.85. The Morgan fingerprint density at radius 2 is 1.61 bits per heavy atom. The Morgan fingerprint density at radius 3 is 2.13 bits per heavy atom. The smallest absolute Gasteiger partial charge is 0.329 e. The summed E-state index contributed by atoms with van der Waals surface area (Å²) in [4.78, 5) is 77.1. The second-order valence-electron chi connectivity index (χ2n) is 12.0. The van der Waals surface area contributed by atoms with E-state index in [1.165, 1.54) is 4.90 Å². The molecule has 0 aromatic heterocycles. The summed E-state index contributed by atoms with van der Waals surface area (Å²) in [7, 11) is 0. The van der Waals surface area contributed by atoms with Gasteiger partial charge in [0.25, 0.3) is 5.91 Å². The number of Topliss-reactive ketones (excluding diaryl/α,β-unsaturated/α-hetero) is 1. The van der Waals surface area contributed by atoms with Crippen molar-refractivity contribution in [3.63, 3.8) is 0 Å². The molecule has 1 saturated heterocycles. The lowest BCUT2D eigenvalue weighted by atomic mass is 9.81. The number of urea groups is 1. The van der Waals surface area contributed by atoms with Gasteiger partial charge >= 0.3 is 12.0 Å². The first kappa shape index (κ1) is 29.4. The third-order valence-electron chi connectivity index (χ3n) is 7.84. The molecule has 3 aliphatic rings. The number of nitrogens with two attached hydrogens (primary N) is 1. The van der Waals surface area contributed by atoms with Crippen molar-refractivity contribution >= 4 is 35.5 Å². The van der Waals surface area contributed by atoms with Crippen molar-refractivity contribution in [1.29, 1.82) is 0 Å². The summed E-state index contributed by atoms with van der Waals surface area (Å²) in [6.45, 7) is 5.59. The van der Waals surface area contributed by atoms with Crippen molar-refractivity contribution in [2.45, 2.75) is 109 Å². The van der Waals surface area contributed by atoms with Crippen LogP contribution in [0.15, 0.2) is 0 Å². The van der Waals surface area contributed by atoms with Gasteiger partial charge in [-0.15, -0.1) is 0 Å². The second kappa shape index (κ2) is 11.7. The molecule has 1 unspecified atom stereocenters. The number of amides is 5. The quantitative estimate of drug-likeness (QED) is 0.256. The second-order valence-corrected chi connectivity index (χ2v) is 12.0. The van der Waals surface area contributed by atoms with E-state index in [2.05, 4.69) is 16.0 Å². The van der Waals surface area contributed by atoms with Crippen molar-refractivity contribution in [3.05, 3.63) is 0 Å². The zero-order valence-electron chi connectivity index (χ0n) is 22.5. The number of rotatable bonds is 10. The molecule has 3 fully saturated rings. The minimum atomic E-state index is -1.38. The first-order valence-electron chi connectivity index (χ1n) is 13.5. The van der Waals surface area contributed by atoms with Gasteiger partial charge in [0.15, 0.2) is 0 Å². The third kappa shape index (κ3) is 7.02. The Bertz CT molecular complexity index is 966. The number of likely N-dealkylation sites (tertiary alicyclic amines) is 1. The molecule has 1 heterocycles. The normalized spacial score (nSPS) is 22.6. The summed E-state index contributed by atoms with van der Waals surface area (Å²) < 4.78 is 0. The van der Waals surface area contributed by atoms with Gasteiger partial charge in [-0.3, -0.25) is 19.2 Å². The van der Waals surface area contributed by atoms with E-state index < -0.39 is 64.6 Å². The van der Waals surface area contributed by atoms with Crippen LogP contribution in [0.5, 0.6) is 0 Å². The standard InChI is InChI=1S/C26H41N5O7/c1-25(2,3)19(29-24(38)30-26(23(36)37)11-5-4-6-12-26)22(35)31-13-7-8-17(31)21(34)28-16(14-15-9-10-15)18(32)20(27)33/h15-17,19H,4-14H2,1-3H3,(H2,27,33)(H,28,34)(H,36,37)(H2,29,30,38)/t16?,17-,19+/m0/s1. The molecule has 3 atom stereocenters. The first-order valence-corrected chi connectivity index (χ1v) is 13.5. The molecule has 38 heavy (non-hydrogen) atoms. The minimum Gasteiger partial charge on any atom is -0.480 e. The number of aliphatic carboxylic acids is 1. The van der Waals surface area contributed by atoms with Crippen molar-refractivity contribution in [2.24, 2.45) is 17.1 Å². The Balaban J connectivity index is 1.72. The lowest BCUT2D eigenvalue weighted by molar-refractivity contribution is -0.146. The zero-order valence-corrected chi connectivity index (χ0v) is 22.5. The van der Waals surface area contributed by atoms with Crippen LogP contribution in [0.25, 0.3) is 0 Å². The number of hydrogen-bond acceptors (Lipinski definition) is 6. The molecule has 0 bridgehead atoms. The minimum absolute atomic E-state index is 0.246. The third-order valence-corrected chi connectivity index (χ3v) is 7.84. The lowest BCUT2D eigenvalue weighted by Crippen LogP contribution is -2.63. The highest BCUT2D eigenvalue weighted by molar-refractivity contribution is 6.37. The summed E-state index contributed by atoms with van der Waals surface area (Å²) in [5.41, 5.74) is 3.05. The van der Waals surface area contributed by atoms with Crippen LogP contribution in [0.3, 0.4) is 0 Å². The fraction of sp³-hybridized carbons (Fsp3) is 0.769. The van der Waals surface area contributed by atoms with Gasteiger partial charge in [-0.2, -0.15) is 0 Å². The average molecular weight is 536 g/mol. The average Bonchev–Trinajstić information content (AvgIpc) is 3.52. The number of nitrogens with zero attached hydrogens (tertiary/aromatic N) is 1. The Kier molecular flexibility index (Phi) is 9.04. The topological polar surface area (TPSA) is 188 Å². The molecule has 212 valence electrons. The van der Waals surface area contributed by atoms with Gasteiger partial charge in [0.2, 0.25) is 17.6 Å². The van der Waals surface area contributed by atoms with E-state index in [9.17, 15) is 33.9 Å². The molecule has 12 nitrogen and oxygen atoms in total. The molecule has 2 saturated carbocycles. The summed E-state index contributed by atoms with van der Waals surface area (Å²) in [6.07, 6.45) is 5.94. The molecule has 12 heteroatoms. The molecule has 0 aromatic carbocycles. The van der Waals surface area contributed by atoms with Gasteiger partial charge in [-0.1, -0.05) is 52.9 Å². The number of carboxylic acid groups (broad SMARTS) is 1. The van der Waals surface area contributed by atoms with Gasteiger partial charge in [-0.05, 0) is 43.4 Å². The molecule has 2 aliphatic carbocycles. The monoisotopic (exact) mass is 535 g/mol. The molecule has 3 rings (SSSR count). The van der Waals surface area contributed by atoms with E-state index in [0.29, 0.717) is 44.9 Å². The van der Waals surface area contributed by atoms with Crippen LogP contribution in [-0.2, 0) is 24.0 Å². The Morgan fingerprint density at radius 1 is 0.974 bits per heavy atom. The van der Waals surface area contributed by atoms with Crippen LogP contribution < -0.4 is 21.7 Å². The number of carboxylic acids is 1. The van der Waals surface area contributed by atoms with Crippen LogP contribution in [0.2, 0.25) is 0 Å². The number of ketones is 1. The molecule has 6 N–H and O–H groups in total. The van der Waals surface area contributed by atoms with E-state index in [1.807, 2.05) is 0 Å². The van der Waals surface area contributed by atoms with E-state index in [4.69, 9.17) is 5.73 Å². The molecule has 1 aliphatic heterocycles. The highest BCUT2D eigenvalue weighted by Gasteiger charge is 2.45. The fourth-order valence-electron chi connectivity index (χ4n) is 5.41. The highest BCUT2D eigenvalue weighted by Crippen LogP contribution is 2.34. The van der Waals surface area contributed by atoms with E-state index in [1.54, 1.807) is 20.8 Å². The van der Waals surface area contributed by atoms with E-state index in [-0.39, 0.29) is 12.5 Å². The van der Waals surface area contributed by atoms with Gasteiger partial charge in [0.05, 0.1) is 6.04 Å². The molecule has 0 radical (unpaired) electrons. The van der Waals surface area contributed by atoms with Gasteiger partial charge in [0.1, 0.15) is 17.6 Å². The zero-order chi connectivity index (χ0) is 28.3. The Hall–Kier alpha value is -3.18. The molecular weight excluding hydrogens is 494 g/mol. The predicted molar refractivity (Wildman–Crippen MR) is 137 cm³/mol. The molecular formula is C26H41N5O7. The molecule has 0 aromatic rings. The van der Waals surface area contributed by atoms with Crippen LogP contribution in [0.4, 0.5) is 4.79 Å². The van der Waals surface area contributed by atoms with E-state index in [0.717, 1.165) is 19.3 Å². The van der Waals surface area contributed by atoms with E-state index >= 15 is 0 Å². The molecule has 0 spiro atoms. The highest BCUT2D eigenvalue weighted by atomic mass is 16.4. The fourth-order valence-corrected chi connectivity index (χ4v) is 5.41. The summed E-state index contributed by atoms with van der Waals surface area (Å²) >= 11 is 0. The van der Waals surface area contributed by atoms with Crippen LogP contribution in [0.1, 0.15) is 85.0 Å². The van der Waals surface area contributed by atoms with Gasteiger partial charge in [0, 0.05) is 6.54 Å². The van der Waals surface area contributed by atoms with Crippen LogP contribution in [0, 0.1) is 11.3 Å². The van der Waals surface area contributed by atoms with Crippen molar-refractivity contribution < 1.29 is 33.9 Å². The number of carbonyl (C=O) groups is 6. The van der Waals surface area contributed by atoms with Crippen molar-refractivity contribution in [1.82, 2.24) is 20.9 Å². The van der Waals surface area contributed by atoms with Gasteiger partial charge in [-0.25, -0.2) is 9.59 Å². The maximum atomic E-state index is 13.7. The van der Waals surface area contributed by atoms with Crippen LogP contribution in [-0.4, -0.2) is 75.7 Å². The summed E-state index contributed by atoms with van der Waals surface area (Å²) in [5, 5.41) is 17.7. The first-order chi connectivity index (χ1) is 17.7. The van der Waals surface area contributed by atoms with Crippen molar-refractivity contribution in [3.8, 4) is 0 Å². The lowest BCUT2D eigenvalue weighted by Gasteiger charge is -2.38. The van der Waals surface area contributed by atoms with Crippen molar-refractivity contribution in [2.75, 3.05) is 6.54 Å². The SMILES string of the molecule is CC(C)(C)[C@H](NC(=O)NC1(C(=O)O)CCCCC1)C(=O)N1CCC[C@H]1C(=O)NC(CC1CC1)C(=O)C(N)=O. The Labute approximate surface area is 222 Å². The maximum Gasteiger partial charge on any atom is 0.329 e. The van der Waals surface area contributed by atoms with Gasteiger partial charge < -0.3 is 31.7 Å². The number of hydrogen-bond donors (Lipinski definition) is 5. The number of carbonyl (C=O) groups excluding carboxylic acids is 5.